The van der Waals surface area contributed by atoms with Crippen LogP contribution in [-0.4, -0.2) is 14.1 Å². The number of fused-ring (bicyclic) bond motifs is 3. The van der Waals surface area contributed by atoms with Crippen LogP contribution in [0.3, 0.4) is 0 Å². The van der Waals surface area contributed by atoms with E-state index in [1.165, 1.54) is 44.2 Å². The Bertz CT molecular complexity index is 1280. The van der Waals surface area contributed by atoms with Crippen molar-refractivity contribution in [2.45, 2.75) is 20.8 Å². The Morgan fingerprint density at radius 2 is 1.37 bits per heavy atom. The second kappa shape index (κ2) is 5.85. The van der Waals surface area contributed by atoms with E-state index in [4.69, 9.17) is 4.98 Å². The summed E-state index contributed by atoms with van der Waals surface area (Å²) in [7, 11) is 0. The second-order valence-corrected chi connectivity index (χ2v) is 7.16. The zero-order valence-corrected chi connectivity index (χ0v) is 15.8. The lowest BCUT2D eigenvalue weighted by atomic mass is 10.1. The Hall–Kier alpha value is -3.33. The standard InChI is InChI=1S/C24H21N3/c1-16-8-6-9-17(2)22(16)26-15-14-25-24(26)27-21-13-5-4-11-19(21)20-12-7-10-18(3)23(20)27/h4-15H,1-3H3. The van der Waals surface area contributed by atoms with Crippen LogP contribution in [-0.2, 0) is 0 Å². The van der Waals surface area contributed by atoms with Crippen molar-refractivity contribution < 1.29 is 0 Å². The number of hydrogen-bond donors (Lipinski definition) is 0. The minimum atomic E-state index is 0.924. The SMILES string of the molecule is Cc1cccc(C)c1-n1ccnc1-n1c2ccccc2c2cccc(C)c21. The molecule has 0 N–H and O–H groups in total. The maximum Gasteiger partial charge on any atom is 0.219 e. The highest BCUT2D eigenvalue weighted by molar-refractivity contribution is 6.10. The quantitative estimate of drug-likeness (QED) is 0.388. The summed E-state index contributed by atoms with van der Waals surface area (Å²) in [5.41, 5.74) is 7.33. The van der Waals surface area contributed by atoms with Gasteiger partial charge in [-0.1, -0.05) is 54.6 Å². The first-order valence-corrected chi connectivity index (χ1v) is 9.26. The molecule has 0 bridgehead atoms. The molecule has 0 saturated heterocycles. The largest absolute Gasteiger partial charge is 0.285 e. The number of hydrogen-bond acceptors (Lipinski definition) is 1. The summed E-state index contributed by atoms with van der Waals surface area (Å²) < 4.78 is 4.51. The summed E-state index contributed by atoms with van der Waals surface area (Å²) in [5.74, 6) is 0.924. The van der Waals surface area contributed by atoms with Crippen LogP contribution in [0.4, 0.5) is 0 Å². The summed E-state index contributed by atoms with van der Waals surface area (Å²) in [4.78, 5) is 4.78. The summed E-state index contributed by atoms with van der Waals surface area (Å²) in [6.45, 7) is 6.48. The average Bonchev–Trinajstić information content (AvgIpc) is 3.25. The zero-order chi connectivity index (χ0) is 18.5. The van der Waals surface area contributed by atoms with Gasteiger partial charge in [0.1, 0.15) is 0 Å². The van der Waals surface area contributed by atoms with E-state index in [0.717, 1.165) is 5.95 Å². The molecule has 27 heavy (non-hydrogen) atoms. The molecular formula is C24H21N3. The van der Waals surface area contributed by atoms with Gasteiger partial charge < -0.3 is 0 Å². The third-order valence-electron chi connectivity index (χ3n) is 5.40. The highest BCUT2D eigenvalue weighted by Crippen LogP contribution is 2.34. The van der Waals surface area contributed by atoms with Crippen LogP contribution < -0.4 is 0 Å². The molecule has 0 fully saturated rings. The molecule has 0 aliphatic heterocycles. The minimum Gasteiger partial charge on any atom is -0.285 e. The number of benzene rings is 3. The first-order valence-electron chi connectivity index (χ1n) is 9.26. The van der Waals surface area contributed by atoms with E-state index >= 15 is 0 Å². The third-order valence-corrected chi connectivity index (χ3v) is 5.40. The second-order valence-electron chi connectivity index (χ2n) is 7.16. The van der Waals surface area contributed by atoms with E-state index in [1.807, 2.05) is 6.20 Å². The molecular weight excluding hydrogens is 330 g/mol. The van der Waals surface area contributed by atoms with Crippen LogP contribution in [0, 0.1) is 20.8 Å². The Kier molecular flexibility index (Phi) is 3.44. The molecule has 0 saturated carbocycles. The Morgan fingerprint density at radius 1 is 0.704 bits per heavy atom. The van der Waals surface area contributed by atoms with Gasteiger partial charge in [0, 0.05) is 23.2 Å². The van der Waals surface area contributed by atoms with Gasteiger partial charge in [0.25, 0.3) is 0 Å². The predicted octanol–water partition coefficient (Wildman–Crippen LogP) is 5.89. The van der Waals surface area contributed by atoms with Crippen molar-refractivity contribution >= 4 is 21.8 Å². The van der Waals surface area contributed by atoms with E-state index in [2.05, 4.69) is 96.8 Å². The van der Waals surface area contributed by atoms with Crippen molar-refractivity contribution in [3.63, 3.8) is 0 Å². The molecule has 3 aromatic carbocycles. The van der Waals surface area contributed by atoms with Gasteiger partial charge in [0.2, 0.25) is 5.95 Å². The summed E-state index contributed by atoms with van der Waals surface area (Å²) in [6.07, 6.45) is 3.95. The summed E-state index contributed by atoms with van der Waals surface area (Å²) in [5, 5.41) is 2.52. The lowest BCUT2D eigenvalue weighted by Gasteiger charge is -2.16. The number of nitrogens with zero attached hydrogens (tertiary/aromatic N) is 3. The molecule has 2 heterocycles. The van der Waals surface area contributed by atoms with E-state index in [9.17, 15) is 0 Å². The molecule has 0 unspecified atom stereocenters. The number of aromatic nitrogens is 3. The van der Waals surface area contributed by atoms with E-state index in [0.29, 0.717) is 0 Å². The molecule has 5 aromatic rings. The van der Waals surface area contributed by atoms with Gasteiger partial charge in [-0.3, -0.25) is 9.13 Å². The number of para-hydroxylation sites is 3. The highest BCUT2D eigenvalue weighted by atomic mass is 15.2. The van der Waals surface area contributed by atoms with Crippen molar-refractivity contribution in [3.05, 3.63) is 89.7 Å². The minimum absolute atomic E-state index is 0.924. The molecule has 132 valence electrons. The van der Waals surface area contributed by atoms with Crippen LogP contribution >= 0.6 is 0 Å². The number of aryl methyl sites for hydroxylation is 3. The van der Waals surface area contributed by atoms with Crippen LogP contribution in [0.2, 0.25) is 0 Å². The maximum absolute atomic E-state index is 4.78. The highest BCUT2D eigenvalue weighted by Gasteiger charge is 2.18. The molecule has 3 heteroatoms. The molecule has 0 aliphatic carbocycles. The monoisotopic (exact) mass is 351 g/mol. The molecule has 3 nitrogen and oxygen atoms in total. The fourth-order valence-electron chi connectivity index (χ4n) is 4.22. The van der Waals surface area contributed by atoms with E-state index in [-0.39, 0.29) is 0 Å². The Balaban J connectivity index is 1.93. The van der Waals surface area contributed by atoms with Crippen LogP contribution in [0.5, 0.6) is 0 Å². The third kappa shape index (κ3) is 2.25. The van der Waals surface area contributed by atoms with Crippen molar-refractivity contribution in [2.24, 2.45) is 0 Å². The molecule has 5 rings (SSSR count). The molecule has 0 amide bonds. The van der Waals surface area contributed by atoms with Crippen molar-refractivity contribution in [1.82, 2.24) is 14.1 Å². The van der Waals surface area contributed by atoms with Crippen molar-refractivity contribution in [3.8, 4) is 11.6 Å². The van der Waals surface area contributed by atoms with Gasteiger partial charge in [0.05, 0.1) is 16.7 Å². The van der Waals surface area contributed by atoms with E-state index < -0.39 is 0 Å². The van der Waals surface area contributed by atoms with Gasteiger partial charge in [0.15, 0.2) is 0 Å². The number of rotatable bonds is 2. The van der Waals surface area contributed by atoms with Crippen molar-refractivity contribution in [2.75, 3.05) is 0 Å². The summed E-state index contributed by atoms with van der Waals surface area (Å²) >= 11 is 0. The summed E-state index contributed by atoms with van der Waals surface area (Å²) in [6, 6.07) is 21.5. The first-order chi connectivity index (χ1) is 13.2. The molecule has 0 spiro atoms. The zero-order valence-electron chi connectivity index (χ0n) is 15.8. The molecule has 2 aromatic heterocycles. The predicted molar refractivity (Wildman–Crippen MR) is 112 cm³/mol. The number of imidazole rings is 1. The average molecular weight is 351 g/mol. The molecule has 0 atom stereocenters. The molecule has 0 radical (unpaired) electrons. The Labute approximate surface area is 158 Å². The van der Waals surface area contributed by atoms with Gasteiger partial charge in [-0.15, -0.1) is 0 Å². The fraction of sp³-hybridized carbons (Fsp3) is 0.125. The van der Waals surface area contributed by atoms with E-state index in [1.54, 1.807) is 0 Å². The van der Waals surface area contributed by atoms with Crippen LogP contribution in [0.1, 0.15) is 16.7 Å². The lowest BCUT2D eigenvalue weighted by molar-refractivity contribution is 0.922. The Morgan fingerprint density at radius 3 is 2.19 bits per heavy atom. The lowest BCUT2D eigenvalue weighted by Crippen LogP contribution is -2.07. The van der Waals surface area contributed by atoms with Crippen molar-refractivity contribution in [1.29, 1.82) is 0 Å². The van der Waals surface area contributed by atoms with Crippen LogP contribution in [0.15, 0.2) is 73.1 Å². The topological polar surface area (TPSA) is 22.8 Å². The van der Waals surface area contributed by atoms with Gasteiger partial charge in [-0.25, -0.2) is 4.98 Å². The first kappa shape index (κ1) is 15.9. The maximum atomic E-state index is 4.78. The smallest absolute Gasteiger partial charge is 0.219 e. The van der Waals surface area contributed by atoms with Crippen LogP contribution in [0.25, 0.3) is 33.4 Å². The normalized spacial score (nSPS) is 11.5. The fourth-order valence-corrected chi connectivity index (χ4v) is 4.22. The van der Waals surface area contributed by atoms with Gasteiger partial charge >= 0.3 is 0 Å². The van der Waals surface area contributed by atoms with Gasteiger partial charge in [-0.05, 0) is 43.5 Å². The molecule has 0 aliphatic rings. The van der Waals surface area contributed by atoms with Gasteiger partial charge in [-0.2, -0.15) is 0 Å².